The number of methoxy groups -OCH3 is 1. The molecule has 2 aromatic carbocycles. The zero-order valence-corrected chi connectivity index (χ0v) is 18.1. The zero-order valence-electron chi connectivity index (χ0n) is 17.3. The third kappa shape index (κ3) is 6.42. The predicted molar refractivity (Wildman–Crippen MR) is 122 cm³/mol. The molecule has 168 valence electrons. The first kappa shape index (κ1) is 26.5. The van der Waals surface area contributed by atoms with E-state index in [2.05, 4.69) is 0 Å². The van der Waals surface area contributed by atoms with E-state index in [0.29, 0.717) is 31.6 Å². The van der Waals surface area contributed by atoms with Gasteiger partial charge in [-0.05, 0) is 67.1 Å². The van der Waals surface area contributed by atoms with E-state index in [1.165, 1.54) is 16.4 Å². The quantitative estimate of drug-likeness (QED) is 0.445. The van der Waals surface area contributed by atoms with Crippen LogP contribution >= 0.6 is 0 Å². The van der Waals surface area contributed by atoms with E-state index in [9.17, 15) is 17.6 Å². The molecular formula is C23H27FNNaO5S. The van der Waals surface area contributed by atoms with Crippen LogP contribution in [0, 0.1) is 11.7 Å². The van der Waals surface area contributed by atoms with Gasteiger partial charge in [-0.1, -0.05) is 24.3 Å². The monoisotopic (exact) mass is 471 g/mol. The van der Waals surface area contributed by atoms with Gasteiger partial charge in [0.1, 0.15) is 11.6 Å². The maximum absolute atomic E-state index is 13.4. The Hall–Kier alpha value is -1.71. The molecule has 0 spiro atoms. The number of nitrogens with zero attached hydrogens (tertiary/aromatic N) is 1. The molecule has 2 aromatic rings. The number of aliphatic carboxylic acids is 1. The van der Waals surface area contributed by atoms with Crippen LogP contribution < -0.4 is 4.74 Å². The van der Waals surface area contributed by atoms with Crippen molar-refractivity contribution in [1.82, 2.24) is 4.31 Å². The average Bonchev–Trinajstić information content (AvgIpc) is 3.18. The number of carboxylic acids is 1. The van der Waals surface area contributed by atoms with Gasteiger partial charge in [0.05, 0.1) is 18.0 Å². The fourth-order valence-electron chi connectivity index (χ4n) is 3.94. The van der Waals surface area contributed by atoms with Gasteiger partial charge >= 0.3 is 35.5 Å². The SMILES string of the molecule is COc1cccc([C@@H]2[C@@H](C/C=C\CCC(=O)O)CCN2S(=O)(=O)c2ccc(F)cc2)c1.[NaH]. The molecule has 0 saturated carbocycles. The summed E-state index contributed by atoms with van der Waals surface area (Å²) in [5.41, 5.74) is 0.825. The molecule has 0 bridgehead atoms. The van der Waals surface area contributed by atoms with Crippen LogP contribution in [0.2, 0.25) is 0 Å². The number of carboxylic acid groups (broad SMARTS) is 1. The van der Waals surface area contributed by atoms with Crippen LogP contribution in [0.15, 0.2) is 65.6 Å². The first-order valence-corrected chi connectivity index (χ1v) is 11.5. The summed E-state index contributed by atoms with van der Waals surface area (Å²) in [5.74, 6) is -0.687. The van der Waals surface area contributed by atoms with Crippen molar-refractivity contribution in [2.45, 2.75) is 36.6 Å². The molecule has 0 amide bonds. The van der Waals surface area contributed by atoms with Crippen molar-refractivity contribution in [2.75, 3.05) is 13.7 Å². The van der Waals surface area contributed by atoms with Gasteiger partial charge in [-0.2, -0.15) is 4.31 Å². The van der Waals surface area contributed by atoms with E-state index in [1.807, 2.05) is 30.4 Å². The van der Waals surface area contributed by atoms with Crippen LogP contribution in [0.4, 0.5) is 4.39 Å². The summed E-state index contributed by atoms with van der Waals surface area (Å²) in [6.07, 6.45) is 5.53. The van der Waals surface area contributed by atoms with Crippen LogP contribution in [0.25, 0.3) is 0 Å². The van der Waals surface area contributed by atoms with Gasteiger partial charge in [0.25, 0.3) is 0 Å². The van der Waals surface area contributed by atoms with Crippen LogP contribution in [0.3, 0.4) is 0 Å². The van der Waals surface area contributed by atoms with Crippen molar-refractivity contribution in [1.29, 1.82) is 0 Å². The first-order valence-electron chi connectivity index (χ1n) is 10.1. The summed E-state index contributed by atoms with van der Waals surface area (Å²) >= 11 is 0. The Morgan fingerprint density at radius 1 is 1.22 bits per heavy atom. The molecule has 1 aliphatic rings. The summed E-state index contributed by atoms with van der Waals surface area (Å²) in [5, 5.41) is 8.77. The normalized spacial score (nSPS) is 19.1. The molecule has 0 aliphatic carbocycles. The van der Waals surface area contributed by atoms with Gasteiger partial charge in [0.15, 0.2) is 0 Å². The van der Waals surface area contributed by atoms with Gasteiger partial charge in [0, 0.05) is 13.0 Å². The van der Waals surface area contributed by atoms with Gasteiger partial charge in [0.2, 0.25) is 10.0 Å². The molecule has 1 fully saturated rings. The van der Waals surface area contributed by atoms with Crippen molar-refractivity contribution in [3.63, 3.8) is 0 Å². The predicted octanol–water partition coefficient (Wildman–Crippen LogP) is 3.75. The van der Waals surface area contributed by atoms with Crippen molar-refractivity contribution in [2.24, 2.45) is 5.92 Å². The molecule has 1 aliphatic heterocycles. The molecule has 0 unspecified atom stereocenters. The second-order valence-electron chi connectivity index (χ2n) is 7.48. The number of halogens is 1. The van der Waals surface area contributed by atoms with Gasteiger partial charge in [-0.25, -0.2) is 12.8 Å². The Labute approximate surface area is 210 Å². The standard InChI is InChI=1S/C23H26FNO5S.Na.H/c1-30-20-8-5-7-18(16-20)23-17(6-3-2-4-9-22(26)27)14-15-25(23)31(28,29)21-12-10-19(24)11-13-21;;/h2-3,5,7-8,10-13,16-17,23H,4,6,9,14-15H2,1H3,(H,26,27);;/b3-2-;;/t17-,23-;;/m0../s1. The van der Waals surface area contributed by atoms with Crippen molar-refractivity contribution < 1.29 is 27.4 Å². The number of allylic oxidation sites excluding steroid dienone is 2. The van der Waals surface area contributed by atoms with Crippen LogP contribution in [-0.2, 0) is 14.8 Å². The number of ether oxygens (including phenoxy) is 1. The molecule has 1 N–H and O–H groups in total. The zero-order chi connectivity index (χ0) is 22.4. The Bertz CT molecular complexity index is 1040. The summed E-state index contributed by atoms with van der Waals surface area (Å²) < 4.78 is 46.9. The summed E-state index contributed by atoms with van der Waals surface area (Å²) in [6, 6.07) is 11.8. The summed E-state index contributed by atoms with van der Waals surface area (Å²) in [7, 11) is -2.27. The van der Waals surface area contributed by atoms with Crippen LogP contribution in [0.5, 0.6) is 5.75 Å². The van der Waals surface area contributed by atoms with Crippen LogP contribution in [0.1, 0.15) is 37.3 Å². The molecule has 1 saturated heterocycles. The van der Waals surface area contributed by atoms with Crippen LogP contribution in [-0.4, -0.2) is 67.0 Å². The third-order valence-electron chi connectivity index (χ3n) is 5.46. The molecule has 2 atom stereocenters. The number of sulfonamides is 1. The molecule has 6 nitrogen and oxygen atoms in total. The van der Waals surface area contributed by atoms with E-state index >= 15 is 0 Å². The Kier molecular flexibility index (Phi) is 9.91. The fourth-order valence-corrected chi connectivity index (χ4v) is 5.63. The molecule has 0 radical (unpaired) electrons. The molecule has 9 heteroatoms. The topological polar surface area (TPSA) is 83.9 Å². The Balaban J connectivity index is 0.00000363. The molecule has 32 heavy (non-hydrogen) atoms. The van der Waals surface area contributed by atoms with Crippen molar-refractivity contribution in [3.05, 3.63) is 72.1 Å². The maximum atomic E-state index is 13.4. The van der Waals surface area contributed by atoms with E-state index in [4.69, 9.17) is 9.84 Å². The van der Waals surface area contributed by atoms with E-state index in [-0.39, 0.29) is 46.8 Å². The first-order chi connectivity index (χ1) is 14.8. The second kappa shape index (κ2) is 12.0. The van der Waals surface area contributed by atoms with Gasteiger partial charge in [-0.3, -0.25) is 4.79 Å². The second-order valence-corrected chi connectivity index (χ2v) is 9.37. The van der Waals surface area contributed by atoms with E-state index in [0.717, 1.165) is 17.7 Å². The van der Waals surface area contributed by atoms with Crippen molar-refractivity contribution >= 4 is 45.5 Å². The number of carbonyl (C=O) groups is 1. The van der Waals surface area contributed by atoms with E-state index in [1.54, 1.807) is 13.2 Å². The molecular weight excluding hydrogens is 444 g/mol. The number of rotatable bonds is 9. The van der Waals surface area contributed by atoms with Crippen molar-refractivity contribution in [3.8, 4) is 5.75 Å². The third-order valence-corrected chi connectivity index (χ3v) is 7.36. The number of hydrogen-bond acceptors (Lipinski definition) is 4. The average molecular weight is 472 g/mol. The Morgan fingerprint density at radius 2 is 1.94 bits per heavy atom. The minimum absolute atomic E-state index is 0. The number of benzene rings is 2. The molecule has 0 aromatic heterocycles. The molecule has 3 rings (SSSR count). The Morgan fingerprint density at radius 3 is 2.59 bits per heavy atom. The van der Waals surface area contributed by atoms with Gasteiger partial charge < -0.3 is 9.84 Å². The number of hydrogen-bond donors (Lipinski definition) is 1. The van der Waals surface area contributed by atoms with Gasteiger partial charge in [-0.15, -0.1) is 0 Å². The summed E-state index contributed by atoms with van der Waals surface area (Å²) in [6.45, 7) is 0.342. The fraction of sp³-hybridized carbons (Fsp3) is 0.348. The van der Waals surface area contributed by atoms with E-state index < -0.39 is 27.9 Å². The summed E-state index contributed by atoms with van der Waals surface area (Å²) in [4.78, 5) is 10.7. The minimum atomic E-state index is -3.83. The molecule has 1 heterocycles.